The van der Waals surface area contributed by atoms with Crippen LogP contribution < -0.4 is 0 Å². The monoisotopic (exact) mass is 228 g/mol. The maximum Gasteiger partial charge on any atom is 0.243 e. The molecule has 1 rings (SSSR count). The van der Waals surface area contributed by atoms with E-state index in [4.69, 9.17) is 9.47 Å². The van der Waals surface area contributed by atoms with E-state index in [0.717, 1.165) is 0 Å². The first kappa shape index (κ1) is 9.38. The molecule has 2 unspecified atom stereocenters. The fourth-order valence-corrected chi connectivity index (χ4v) is 1.31. The lowest BCUT2D eigenvalue weighted by Gasteiger charge is -2.28. The smallest absolute Gasteiger partial charge is 0.243 e. The SMILES string of the molecule is CCOC1(O)COCC1(F)Br. The highest BCUT2D eigenvalue weighted by Crippen LogP contribution is 2.39. The van der Waals surface area contributed by atoms with Gasteiger partial charge < -0.3 is 14.6 Å². The van der Waals surface area contributed by atoms with E-state index < -0.39 is 10.4 Å². The summed E-state index contributed by atoms with van der Waals surface area (Å²) in [4.78, 5) is 0. The summed E-state index contributed by atoms with van der Waals surface area (Å²) in [5.74, 6) is -1.83. The highest BCUT2D eigenvalue weighted by atomic mass is 79.9. The van der Waals surface area contributed by atoms with Crippen molar-refractivity contribution in [1.29, 1.82) is 0 Å². The van der Waals surface area contributed by atoms with E-state index in [0.29, 0.717) is 0 Å². The lowest BCUT2D eigenvalue weighted by Crippen LogP contribution is -2.48. The van der Waals surface area contributed by atoms with Crippen LogP contribution in [0.15, 0.2) is 0 Å². The molecule has 3 nitrogen and oxygen atoms in total. The summed E-state index contributed by atoms with van der Waals surface area (Å²) < 4.78 is 20.8. The molecule has 1 fully saturated rings. The minimum Gasteiger partial charge on any atom is -0.371 e. The molecule has 11 heavy (non-hydrogen) atoms. The van der Waals surface area contributed by atoms with Crippen LogP contribution in [0, 0.1) is 0 Å². The Bertz CT molecular complexity index is 153. The topological polar surface area (TPSA) is 38.7 Å². The summed E-state index contributed by atoms with van der Waals surface area (Å²) in [7, 11) is 0. The first-order chi connectivity index (χ1) is 5.02. The number of hydrogen-bond donors (Lipinski definition) is 1. The third-order valence-electron chi connectivity index (χ3n) is 1.54. The Morgan fingerprint density at radius 2 is 2.36 bits per heavy atom. The van der Waals surface area contributed by atoms with Crippen LogP contribution in [0.3, 0.4) is 0 Å². The Kier molecular flexibility index (Phi) is 2.53. The Labute approximate surface area is 72.6 Å². The second kappa shape index (κ2) is 2.97. The molecular formula is C6H10BrFO3. The summed E-state index contributed by atoms with van der Waals surface area (Å²) in [5.41, 5.74) is 0. The highest BCUT2D eigenvalue weighted by molar-refractivity contribution is 9.10. The molecule has 2 atom stereocenters. The molecule has 0 aromatic rings. The first-order valence-corrected chi connectivity index (χ1v) is 4.13. The van der Waals surface area contributed by atoms with Crippen LogP contribution in [0.1, 0.15) is 6.92 Å². The molecule has 1 aliphatic heterocycles. The van der Waals surface area contributed by atoms with Gasteiger partial charge in [-0.05, 0) is 22.9 Å². The van der Waals surface area contributed by atoms with Crippen molar-refractivity contribution >= 4 is 15.9 Å². The second-order valence-electron chi connectivity index (χ2n) is 2.41. The number of aliphatic hydroxyl groups is 1. The number of halogens is 2. The molecule has 1 N–H and O–H groups in total. The fourth-order valence-electron chi connectivity index (χ4n) is 0.922. The van der Waals surface area contributed by atoms with Gasteiger partial charge in [0.05, 0.1) is 6.61 Å². The molecule has 0 aromatic carbocycles. The van der Waals surface area contributed by atoms with Crippen LogP contribution in [-0.2, 0) is 9.47 Å². The quantitative estimate of drug-likeness (QED) is 0.562. The van der Waals surface area contributed by atoms with E-state index in [2.05, 4.69) is 15.9 Å². The van der Waals surface area contributed by atoms with Crippen LogP contribution in [0.4, 0.5) is 4.39 Å². The van der Waals surface area contributed by atoms with Crippen molar-refractivity contribution in [2.24, 2.45) is 0 Å². The third kappa shape index (κ3) is 1.56. The Morgan fingerprint density at radius 1 is 1.73 bits per heavy atom. The normalized spacial score (nSPS) is 44.7. The molecule has 1 heterocycles. The van der Waals surface area contributed by atoms with Gasteiger partial charge in [-0.25, -0.2) is 4.39 Å². The minimum atomic E-state index is -1.98. The minimum absolute atomic E-state index is 0.136. The summed E-state index contributed by atoms with van der Waals surface area (Å²) in [5, 5.41) is 9.45. The zero-order chi connectivity index (χ0) is 8.54. The van der Waals surface area contributed by atoms with Crippen LogP contribution in [0.2, 0.25) is 0 Å². The maximum absolute atomic E-state index is 13.3. The zero-order valence-corrected chi connectivity index (χ0v) is 7.73. The van der Waals surface area contributed by atoms with E-state index in [1.54, 1.807) is 6.92 Å². The molecule has 1 saturated heterocycles. The summed E-state index contributed by atoms with van der Waals surface area (Å²) in [6.07, 6.45) is 0. The van der Waals surface area contributed by atoms with Crippen molar-refractivity contribution in [2.45, 2.75) is 17.3 Å². The van der Waals surface area contributed by atoms with Crippen molar-refractivity contribution in [3.63, 3.8) is 0 Å². The lowest BCUT2D eigenvalue weighted by atomic mass is 10.2. The Hall–Kier alpha value is 0.290. The van der Waals surface area contributed by atoms with Crippen LogP contribution in [0.25, 0.3) is 0 Å². The standard InChI is InChI=1S/C6H10BrFO3/c1-2-11-6(9)4-10-3-5(6,7)8/h9H,2-4H2,1H3. The average Bonchev–Trinajstić information content (AvgIpc) is 2.09. The van der Waals surface area contributed by atoms with Gasteiger partial charge in [0, 0.05) is 6.61 Å². The van der Waals surface area contributed by atoms with Gasteiger partial charge in [0.1, 0.15) is 6.61 Å². The third-order valence-corrected chi connectivity index (χ3v) is 2.38. The van der Waals surface area contributed by atoms with Gasteiger partial charge in [0.2, 0.25) is 10.4 Å². The van der Waals surface area contributed by atoms with Gasteiger partial charge in [-0.15, -0.1) is 0 Å². The largest absolute Gasteiger partial charge is 0.371 e. The van der Waals surface area contributed by atoms with Gasteiger partial charge in [-0.1, -0.05) is 0 Å². The van der Waals surface area contributed by atoms with Crippen molar-refractivity contribution in [3.05, 3.63) is 0 Å². The molecular weight excluding hydrogens is 219 g/mol. The van der Waals surface area contributed by atoms with Gasteiger partial charge in [0.15, 0.2) is 0 Å². The Balaban J connectivity index is 2.68. The predicted molar refractivity (Wildman–Crippen MR) is 40.2 cm³/mol. The fraction of sp³-hybridized carbons (Fsp3) is 1.00. The van der Waals surface area contributed by atoms with Gasteiger partial charge in [-0.2, -0.15) is 0 Å². The van der Waals surface area contributed by atoms with E-state index in [1.807, 2.05) is 0 Å². The van der Waals surface area contributed by atoms with Crippen molar-refractivity contribution in [1.82, 2.24) is 0 Å². The first-order valence-electron chi connectivity index (χ1n) is 3.34. The molecule has 1 aliphatic rings. The molecule has 0 saturated carbocycles. The van der Waals surface area contributed by atoms with E-state index >= 15 is 0 Å². The van der Waals surface area contributed by atoms with Gasteiger partial charge in [-0.3, -0.25) is 0 Å². The number of hydrogen-bond acceptors (Lipinski definition) is 3. The predicted octanol–water partition coefficient (Wildman–Crippen LogP) is 0.802. The van der Waals surface area contributed by atoms with Crippen molar-refractivity contribution < 1.29 is 19.0 Å². The molecule has 0 spiro atoms. The number of rotatable bonds is 2. The number of alkyl halides is 2. The van der Waals surface area contributed by atoms with E-state index in [-0.39, 0.29) is 19.8 Å². The molecule has 66 valence electrons. The van der Waals surface area contributed by atoms with Crippen LogP contribution >= 0.6 is 15.9 Å². The maximum atomic E-state index is 13.3. The second-order valence-corrected chi connectivity index (χ2v) is 3.67. The summed E-state index contributed by atoms with van der Waals surface area (Å²) in [6, 6.07) is 0. The van der Waals surface area contributed by atoms with E-state index in [9.17, 15) is 9.50 Å². The van der Waals surface area contributed by atoms with Crippen LogP contribution in [-0.4, -0.2) is 35.3 Å². The number of ether oxygens (including phenoxy) is 2. The van der Waals surface area contributed by atoms with Crippen molar-refractivity contribution in [2.75, 3.05) is 19.8 Å². The Morgan fingerprint density at radius 3 is 2.73 bits per heavy atom. The zero-order valence-electron chi connectivity index (χ0n) is 6.14. The summed E-state index contributed by atoms with van der Waals surface area (Å²) in [6.45, 7) is 1.60. The molecule has 0 bridgehead atoms. The summed E-state index contributed by atoms with van der Waals surface area (Å²) >= 11 is 2.70. The highest BCUT2D eigenvalue weighted by Gasteiger charge is 2.56. The van der Waals surface area contributed by atoms with Crippen molar-refractivity contribution in [3.8, 4) is 0 Å². The van der Waals surface area contributed by atoms with Crippen LogP contribution in [0.5, 0.6) is 0 Å². The van der Waals surface area contributed by atoms with Gasteiger partial charge in [0.25, 0.3) is 0 Å². The lowest BCUT2D eigenvalue weighted by molar-refractivity contribution is -0.228. The molecule has 5 heteroatoms. The molecule has 0 amide bonds. The van der Waals surface area contributed by atoms with Gasteiger partial charge >= 0.3 is 0 Å². The molecule has 0 aliphatic carbocycles. The van der Waals surface area contributed by atoms with E-state index in [1.165, 1.54) is 0 Å². The average molecular weight is 229 g/mol. The molecule has 0 aromatic heterocycles. The molecule has 0 radical (unpaired) electrons.